The lowest BCUT2D eigenvalue weighted by molar-refractivity contribution is -0.119. The molecule has 0 unspecified atom stereocenters. The predicted octanol–water partition coefficient (Wildman–Crippen LogP) is 3.99. The lowest BCUT2D eigenvalue weighted by Crippen LogP contribution is -2.25. The van der Waals surface area contributed by atoms with Gasteiger partial charge in [-0.1, -0.05) is 30.3 Å². The maximum atomic E-state index is 13.4. The molecule has 4 rings (SSSR count). The molecule has 0 radical (unpaired) electrons. The third-order valence-corrected chi connectivity index (χ3v) is 5.66. The molecule has 0 bridgehead atoms. The van der Waals surface area contributed by atoms with Gasteiger partial charge in [0.1, 0.15) is 17.3 Å². The van der Waals surface area contributed by atoms with Crippen LogP contribution in [0.2, 0.25) is 0 Å². The quantitative estimate of drug-likeness (QED) is 0.629. The van der Waals surface area contributed by atoms with E-state index in [4.69, 9.17) is 9.47 Å². The van der Waals surface area contributed by atoms with Crippen LogP contribution in [-0.2, 0) is 11.2 Å². The number of aryl methyl sites for hydroxylation is 1. The Labute approximate surface area is 179 Å². The molecule has 0 saturated carbocycles. The fourth-order valence-electron chi connectivity index (χ4n) is 4.18. The van der Waals surface area contributed by atoms with Gasteiger partial charge in [0.05, 0.1) is 31.3 Å². The Morgan fingerprint density at radius 2 is 1.45 bits per heavy atom. The molecular weight excluding hydrogens is 396 g/mol. The monoisotopic (exact) mass is 418 g/mol. The fourth-order valence-corrected chi connectivity index (χ4v) is 4.18. The van der Waals surface area contributed by atoms with Crippen LogP contribution < -0.4 is 9.47 Å². The summed E-state index contributed by atoms with van der Waals surface area (Å²) in [6.45, 7) is 0. The van der Waals surface area contributed by atoms with Gasteiger partial charge < -0.3 is 19.7 Å². The number of ether oxygens (including phenoxy) is 2. The number of rotatable bonds is 6. The first-order valence-electron chi connectivity index (χ1n) is 9.88. The topological polar surface area (TPSA) is 93.1 Å². The Kier molecular flexibility index (Phi) is 5.38. The summed E-state index contributed by atoms with van der Waals surface area (Å²) in [5.41, 5.74) is 1.97. The van der Waals surface area contributed by atoms with Crippen molar-refractivity contribution < 1.29 is 29.3 Å². The molecule has 0 saturated heterocycles. The lowest BCUT2D eigenvalue weighted by Gasteiger charge is -2.27. The van der Waals surface area contributed by atoms with Crippen molar-refractivity contribution >= 4 is 11.6 Å². The second-order valence-corrected chi connectivity index (χ2v) is 7.40. The third kappa shape index (κ3) is 3.50. The molecule has 0 aliphatic heterocycles. The van der Waals surface area contributed by atoms with E-state index in [1.807, 2.05) is 12.1 Å². The molecule has 6 nitrogen and oxygen atoms in total. The van der Waals surface area contributed by atoms with E-state index in [1.165, 1.54) is 12.1 Å². The molecule has 2 N–H and O–H groups in total. The van der Waals surface area contributed by atoms with Gasteiger partial charge in [0.15, 0.2) is 11.5 Å². The van der Waals surface area contributed by atoms with E-state index in [2.05, 4.69) is 0 Å². The first-order valence-corrected chi connectivity index (χ1v) is 9.88. The molecule has 0 amide bonds. The van der Waals surface area contributed by atoms with Crippen LogP contribution in [0.3, 0.4) is 0 Å². The summed E-state index contributed by atoms with van der Waals surface area (Å²) in [4.78, 5) is 26.3. The molecule has 6 heteroatoms. The maximum Gasteiger partial charge on any atom is 0.201 e. The van der Waals surface area contributed by atoms with E-state index in [0.717, 1.165) is 5.56 Å². The van der Waals surface area contributed by atoms with Crippen molar-refractivity contribution in [3.63, 3.8) is 0 Å². The smallest absolute Gasteiger partial charge is 0.201 e. The van der Waals surface area contributed by atoms with Crippen LogP contribution >= 0.6 is 0 Å². The van der Waals surface area contributed by atoms with Gasteiger partial charge in [-0.15, -0.1) is 0 Å². The van der Waals surface area contributed by atoms with Crippen LogP contribution in [0.25, 0.3) is 0 Å². The van der Waals surface area contributed by atoms with E-state index in [9.17, 15) is 19.8 Å². The van der Waals surface area contributed by atoms with Gasteiger partial charge in [-0.3, -0.25) is 9.59 Å². The van der Waals surface area contributed by atoms with Crippen molar-refractivity contribution in [2.45, 2.75) is 18.8 Å². The third-order valence-electron chi connectivity index (χ3n) is 5.66. The number of carbonyl (C=O) groups is 2. The summed E-state index contributed by atoms with van der Waals surface area (Å²) in [7, 11) is 3.11. The molecule has 1 aliphatic carbocycles. The van der Waals surface area contributed by atoms with Gasteiger partial charge in [0.2, 0.25) is 5.78 Å². The van der Waals surface area contributed by atoms with Gasteiger partial charge in [0.25, 0.3) is 0 Å². The molecule has 158 valence electrons. The van der Waals surface area contributed by atoms with Crippen LogP contribution in [-0.4, -0.2) is 36.0 Å². The van der Waals surface area contributed by atoms with Gasteiger partial charge in [-0.25, -0.2) is 0 Å². The molecule has 0 atom stereocenters. The fraction of sp³-hybridized carbons (Fsp3) is 0.200. The Bertz CT molecular complexity index is 1130. The summed E-state index contributed by atoms with van der Waals surface area (Å²) in [6, 6.07) is 14.9. The van der Waals surface area contributed by atoms with Crippen molar-refractivity contribution in [3.05, 3.63) is 82.4 Å². The van der Waals surface area contributed by atoms with E-state index >= 15 is 0 Å². The number of hydrogen-bond acceptors (Lipinski definition) is 6. The van der Waals surface area contributed by atoms with Crippen LogP contribution in [0, 0.1) is 0 Å². The van der Waals surface area contributed by atoms with Crippen molar-refractivity contribution in [1.29, 1.82) is 0 Å². The molecular formula is C25H22O6. The van der Waals surface area contributed by atoms with Gasteiger partial charge in [-0.2, -0.15) is 0 Å². The highest BCUT2D eigenvalue weighted by atomic mass is 16.5. The van der Waals surface area contributed by atoms with E-state index in [0.29, 0.717) is 29.0 Å². The number of hydrogen-bond donors (Lipinski definition) is 2. The SMILES string of the molecule is COc1ccc(CCC(=O)C2c3cccc(O)c3C(=O)c3c(O)cccc32)cc1OC. The molecule has 0 heterocycles. The average molecular weight is 418 g/mol. The Balaban J connectivity index is 1.69. The van der Waals surface area contributed by atoms with E-state index < -0.39 is 11.7 Å². The van der Waals surface area contributed by atoms with Crippen LogP contribution in [0.5, 0.6) is 23.0 Å². The second kappa shape index (κ2) is 8.14. The number of ketones is 2. The zero-order chi connectivity index (χ0) is 22.1. The van der Waals surface area contributed by atoms with Gasteiger partial charge >= 0.3 is 0 Å². The molecule has 0 fully saturated rings. The zero-order valence-electron chi connectivity index (χ0n) is 17.2. The summed E-state index contributed by atoms with van der Waals surface area (Å²) in [5.74, 6) is -0.547. The zero-order valence-corrected chi connectivity index (χ0v) is 17.2. The van der Waals surface area contributed by atoms with Crippen LogP contribution in [0.1, 0.15) is 45.0 Å². The highest BCUT2D eigenvalue weighted by molar-refractivity contribution is 6.18. The number of carbonyl (C=O) groups excluding carboxylic acids is 2. The number of aromatic hydroxyl groups is 2. The molecule has 3 aromatic rings. The molecule has 3 aromatic carbocycles. The van der Waals surface area contributed by atoms with Crippen molar-refractivity contribution in [1.82, 2.24) is 0 Å². The average Bonchev–Trinajstić information content (AvgIpc) is 2.77. The first-order chi connectivity index (χ1) is 15.0. The Morgan fingerprint density at radius 1 is 0.871 bits per heavy atom. The Hall–Kier alpha value is -3.80. The van der Waals surface area contributed by atoms with Crippen molar-refractivity contribution in [3.8, 4) is 23.0 Å². The summed E-state index contributed by atoms with van der Waals surface area (Å²) < 4.78 is 10.6. The van der Waals surface area contributed by atoms with Crippen molar-refractivity contribution in [2.24, 2.45) is 0 Å². The Morgan fingerprint density at radius 3 is 2.00 bits per heavy atom. The highest BCUT2D eigenvalue weighted by Gasteiger charge is 2.38. The number of phenols is 2. The molecule has 1 aliphatic rings. The minimum absolute atomic E-state index is 0.0703. The highest BCUT2D eigenvalue weighted by Crippen LogP contribution is 2.43. The number of methoxy groups -OCH3 is 2. The summed E-state index contributed by atoms with van der Waals surface area (Å²) >= 11 is 0. The standard InChI is InChI=1S/C25H22O6/c1-30-20-12-10-14(13-21(20)31-2)9-11-19(28)22-15-5-3-7-17(26)23(15)25(29)24-16(22)6-4-8-18(24)27/h3-8,10,12-13,22,26-27H,9,11H2,1-2H3. The van der Waals surface area contributed by atoms with E-state index in [1.54, 1.807) is 44.6 Å². The van der Waals surface area contributed by atoms with Gasteiger partial charge in [-0.05, 0) is 47.4 Å². The number of benzene rings is 3. The number of Topliss-reactive ketones (excluding diaryl/α,β-unsaturated/α-hetero) is 1. The summed E-state index contributed by atoms with van der Waals surface area (Å²) in [6.07, 6.45) is 0.671. The lowest BCUT2D eigenvalue weighted by atomic mass is 9.74. The second-order valence-electron chi connectivity index (χ2n) is 7.40. The normalized spacial score (nSPS) is 12.8. The molecule has 31 heavy (non-hydrogen) atoms. The molecule has 0 spiro atoms. The van der Waals surface area contributed by atoms with Gasteiger partial charge in [0, 0.05) is 6.42 Å². The predicted molar refractivity (Wildman–Crippen MR) is 114 cm³/mol. The van der Waals surface area contributed by atoms with Crippen molar-refractivity contribution in [2.75, 3.05) is 14.2 Å². The number of fused-ring (bicyclic) bond motifs is 2. The first kappa shape index (κ1) is 20.5. The number of phenolic OH excluding ortho intramolecular Hbond substituents is 2. The minimum Gasteiger partial charge on any atom is -0.507 e. The van der Waals surface area contributed by atoms with E-state index in [-0.39, 0.29) is 34.8 Å². The van der Waals surface area contributed by atoms with Crippen LogP contribution in [0.15, 0.2) is 54.6 Å². The summed E-state index contributed by atoms with van der Waals surface area (Å²) in [5, 5.41) is 20.6. The maximum absolute atomic E-state index is 13.4. The minimum atomic E-state index is -0.748. The molecule has 0 aromatic heterocycles. The van der Waals surface area contributed by atoms with Crippen LogP contribution in [0.4, 0.5) is 0 Å². The largest absolute Gasteiger partial charge is 0.507 e.